The molecule has 29 heavy (non-hydrogen) atoms. The minimum Gasteiger partial charge on any atom is -0.508 e. The van der Waals surface area contributed by atoms with Crippen LogP contribution in [0.3, 0.4) is 0 Å². The standard InChI is InChI=1S/2C10H12O3.H3NP2/c2*1-2-7-13-10(12)8-3-5-9(11)6-4-8;2-1-3/h2*3-6,11H,2,7H2,1H3;2H,3H2. The Balaban J connectivity index is 0.000000477. The lowest BCUT2D eigenvalue weighted by molar-refractivity contribution is 0.0496. The van der Waals surface area contributed by atoms with Gasteiger partial charge < -0.3 is 19.7 Å². The summed E-state index contributed by atoms with van der Waals surface area (Å²) in [6.45, 7) is 4.73. The van der Waals surface area contributed by atoms with Gasteiger partial charge in [-0.25, -0.2) is 9.59 Å². The zero-order valence-corrected chi connectivity index (χ0v) is 18.7. The number of phenolic OH excluding ortho intramolecular Hbond substituents is 2. The van der Waals surface area contributed by atoms with Gasteiger partial charge in [-0.1, -0.05) is 13.8 Å². The van der Waals surface area contributed by atoms with Crippen LogP contribution in [0, 0.1) is 0 Å². The van der Waals surface area contributed by atoms with Crippen molar-refractivity contribution >= 4 is 30.4 Å². The fraction of sp³-hybridized carbons (Fsp3) is 0.300. The van der Waals surface area contributed by atoms with Gasteiger partial charge in [0, 0.05) is 0 Å². The lowest BCUT2D eigenvalue weighted by Gasteiger charge is -2.02. The second-order valence-electron chi connectivity index (χ2n) is 5.49. The minimum absolute atomic E-state index is 0.145. The van der Waals surface area contributed by atoms with Gasteiger partial charge in [0.15, 0.2) is 0 Å². The van der Waals surface area contributed by atoms with E-state index in [4.69, 9.17) is 19.7 Å². The quantitative estimate of drug-likeness (QED) is 0.484. The summed E-state index contributed by atoms with van der Waals surface area (Å²) in [5.74, 6) is -0.400. The van der Waals surface area contributed by atoms with Crippen molar-refractivity contribution in [3.05, 3.63) is 59.7 Å². The summed E-state index contributed by atoms with van der Waals surface area (Å²) >= 11 is 0. The van der Waals surface area contributed by atoms with Crippen LogP contribution in [0.2, 0.25) is 0 Å². The second kappa shape index (κ2) is 16.5. The first-order chi connectivity index (χ1) is 13.9. The van der Waals surface area contributed by atoms with Gasteiger partial charge in [-0.3, -0.25) is 4.52 Å². The van der Waals surface area contributed by atoms with Crippen molar-refractivity contribution in [3.63, 3.8) is 0 Å². The molecule has 0 aliphatic carbocycles. The average molecular weight is 439 g/mol. The molecule has 158 valence electrons. The van der Waals surface area contributed by atoms with Gasteiger partial charge in [0.25, 0.3) is 0 Å². The molecule has 7 nitrogen and oxygen atoms in total. The fourth-order valence-electron chi connectivity index (χ4n) is 1.75. The van der Waals surface area contributed by atoms with Crippen LogP contribution >= 0.6 is 18.4 Å². The Morgan fingerprint density at radius 2 is 1.10 bits per heavy atom. The Hall–Kier alpha value is -2.49. The molecular weight excluding hydrogens is 412 g/mol. The molecule has 0 aliphatic rings. The molecule has 0 amide bonds. The molecule has 0 spiro atoms. The van der Waals surface area contributed by atoms with Crippen LogP contribution in [0.4, 0.5) is 0 Å². The number of esters is 2. The van der Waals surface area contributed by atoms with Crippen LogP contribution in [0.1, 0.15) is 47.4 Å². The van der Waals surface area contributed by atoms with Gasteiger partial charge in [0.05, 0.1) is 24.3 Å². The maximum Gasteiger partial charge on any atom is 0.338 e. The first kappa shape index (κ1) is 26.5. The van der Waals surface area contributed by atoms with Gasteiger partial charge in [0.1, 0.15) is 11.5 Å². The molecule has 0 aromatic heterocycles. The number of phenols is 2. The number of carbonyl (C=O) groups excluding carboxylic acids is 2. The highest BCUT2D eigenvalue weighted by Gasteiger charge is 2.06. The fourth-order valence-corrected chi connectivity index (χ4v) is 1.75. The third-order valence-electron chi connectivity index (χ3n) is 3.08. The zero-order chi connectivity index (χ0) is 22.1. The Kier molecular flexibility index (Phi) is 15.0. The van der Waals surface area contributed by atoms with Crippen LogP contribution in [-0.4, -0.2) is 35.4 Å². The molecule has 9 heteroatoms. The molecule has 1 atom stereocenters. The van der Waals surface area contributed by atoms with E-state index in [1.807, 2.05) is 13.8 Å². The Labute approximate surface area is 175 Å². The molecule has 0 radical (unpaired) electrons. The lowest BCUT2D eigenvalue weighted by atomic mass is 10.2. The first-order valence-electron chi connectivity index (χ1n) is 8.88. The highest BCUT2D eigenvalue weighted by Crippen LogP contribution is 2.11. The molecule has 2 aromatic carbocycles. The monoisotopic (exact) mass is 439 g/mol. The van der Waals surface area contributed by atoms with E-state index in [-0.39, 0.29) is 23.4 Å². The van der Waals surface area contributed by atoms with Crippen molar-refractivity contribution in [2.45, 2.75) is 26.7 Å². The van der Waals surface area contributed by atoms with Crippen LogP contribution < -0.4 is 0 Å². The topological polar surface area (TPSA) is 105 Å². The summed E-state index contributed by atoms with van der Waals surface area (Å²) in [6.07, 6.45) is 1.62. The number of ether oxygens (including phenoxy) is 2. The molecule has 0 fully saturated rings. The number of aromatic hydroxyl groups is 2. The van der Waals surface area contributed by atoms with E-state index in [1.54, 1.807) is 0 Å². The summed E-state index contributed by atoms with van der Waals surface area (Å²) < 4.78 is 13.0. The Morgan fingerprint density at radius 1 is 0.828 bits per heavy atom. The number of benzene rings is 2. The summed E-state index contributed by atoms with van der Waals surface area (Å²) in [4.78, 5) is 22.4. The molecule has 0 saturated carbocycles. The van der Waals surface area contributed by atoms with E-state index in [0.717, 1.165) is 12.8 Å². The summed E-state index contributed by atoms with van der Waals surface area (Å²) in [5.41, 5.74) is 0.928. The van der Waals surface area contributed by atoms with Crippen molar-refractivity contribution in [2.75, 3.05) is 13.2 Å². The number of nitrogens with zero attached hydrogens (tertiary/aromatic N) is 1. The van der Waals surface area contributed by atoms with Crippen LogP contribution in [0.5, 0.6) is 11.5 Å². The van der Waals surface area contributed by atoms with Crippen LogP contribution in [0.25, 0.3) is 0 Å². The van der Waals surface area contributed by atoms with Gasteiger partial charge in [-0.2, -0.15) is 0 Å². The third kappa shape index (κ3) is 12.6. The molecule has 1 unspecified atom stereocenters. The SMILES string of the molecule is CCCOC(=O)c1ccc(O)cc1.CCCOC(=O)c1ccc(O)cc1.P=NP. The number of hydrogen-bond acceptors (Lipinski definition) is 7. The maximum absolute atomic E-state index is 11.2. The molecule has 0 aliphatic heterocycles. The normalized spacial score (nSPS) is 9.07. The van der Waals surface area contributed by atoms with Crippen molar-refractivity contribution in [1.29, 1.82) is 0 Å². The van der Waals surface area contributed by atoms with Crippen molar-refractivity contribution in [1.82, 2.24) is 0 Å². The molecule has 0 heterocycles. The second-order valence-corrected chi connectivity index (χ2v) is 6.53. The van der Waals surface area contributed by atoms with E-state index in [2.05, 4.69) is 22.9 Å². The van der Waals surface area contributed by atoms with Gasteiger partial charge in [0.2, 0.25) is 0 Å². The van der Waals surface area contributed by atoms with Crippen molar-refractivity contribution in [3.8, 4) is 11.5 Å². The first-order valence-corrected chi connectivity index (χ1v) is 9.84. The molecular formula is C20H27NO6P2. The predicted molar refractivity (Wildman–Crippen MR) is 118 cm³/mol. The van der Waals surface area contributed by atoms with Gasteiger partial charge in [-0.15, -0.1) is 0 Å². The Bertz CT molecular complexity index is 674. The number of carbonyl (C=O) groups is 2. The summed E-state index contributed by atoms with van der Waals surface area (Å²) in [7, 11) is 4.89. The predicted octanol–water partition coefficient (Wildman–Crippen LogP) is 5.02. The zero-order valence-electron chi connectivity index (χ0n) is 16.5. The molecule has 0 bridgehead atoms. The summed E-state index contributed by atoms with van der Waals surface area (Å²) in [6, 6.07) is 12.0. The van der Waals surface area contributed by atoms with Crippen molar-refractivity contribution in [2.24, 2.45) is 4.52 Å². The number of hydrogen-bond donors (Lipinski definition) is 2. The van der Waals surface area contributed by atoms with Crippen LogP contribution in [0.15, 0.2) is 53.0 Å². The molecule has 0 saturated heterocycles. The Morgan fingerprint density at radius 3 is 1.34 bits per heavy atom. The van der Waals surface area contributed by atoms with Crippen LogP contribution in [-0.2, 0) is 9.47 Å². The molecule has 2 rings (SSSR count). The van der Waals surface area contributed by atoms with E-state index in [9.17, 15) is 9.59 Å². The van der Waals surface area contributed by atoms with E-state index < -0.39 is 0 Å². The lowest BCUT2D eigenvalue weighted by Crippen LogP contribution is -2.05. The third-order valence-corrected chi connectivity index (χ3v) is 3.08. The van der Waals surface area contributed by atoms with E-state index >= 15 is 0 Å². The van der Waals surface area contributed by atoms with E-state index in [1.165, 1.54) is 48.5 Å². The summed E-state index contributed by atoms with van der Waals surface area (Å²) in [5, 5.41) is 17.9. The van der Waals surface area contributed by atoms with E-state index in [0.29, 0.717) is 24.3 Å². The average Bonchev–Trinajstić information content (AvgIpc) is 2.72. The highest BCUT2D eigenvalue weighted by molar-refractivity contribution is 7.23. The van der Waals surface area contributed by atoms with Gasteiger partial charge in [-0.05, 0) is 79.8 Å². The smallest absolute Gasteiger partial charge is 0.338 e. The number of rotatable bonds is 6. The molecule has 2 N–H and O–H groups in total. The largest absolute Gasteiger partial charge is 0.508 e. The van der Waals surface area contributed by atoms with Crippen molar-refractivity contribution < 1.29 is 29.3 Å². The molecule has 2 aromatic rings. The minimum atomic E-state index is -0.346. The van der Waals surface area contributed by atoms with Gasteiger partial charge >= 0.3 is 11.9 Å². The highest BCUT2D eigenvalue weighted by atomic mass is 31.1. The maximum atomic E-state index is 11.2.